The molecule has 0 aliphatic rings. The van der Waals surface area contributed by atoms with Crippen LogP contribution in [0.2, 0.25) is 0 Å². The number of hydrogen-bond donors (Lipinski definition) is 2. The Labute approximate surface area is 149 Å². The number of aliphatic hydroxyl groups excluding tert-OH is 1. The van der Waals surface area contributed by atoms with E-state index in [0.29, 0.717) is 13.0 Å². The van der Waals surface area contributed by atoms with Gasteiger partial charge in [-0.3, -0.25) is 4.79 Å². The first-order valence-electron chi connectivity index (χ1n) is 9.60. The lowest BCUT2D eigenvalue weighted by Gasteiger charge is -2.12. The van der Waals surface area contributed by atoms with E-state index in [1.165, 1.54) is 64.2 Å². The minimum Gasteiger partial charge on any atom is -0.465 e. The Morgan fingerprint density at radius 1 is 0.913 bits per heavy atom. The fraction of sp³-hybridized carbons (Fsp3) is 0.947. The number of aliphatic hydroxyl groups is 1. The van der Waals surface area contributed by atoms with Crippen molar-refractivity contribution in [1.29, 1.82) is 0 Å². The van der Waals surface area contributed by atoms with Crippen LogP contribution in [0, 0.1) is 0 Å². The Morgan fingerprint density at radius 3 is 1.78 bits per heavy atom. The molecule has 0 heterocycles. The number of thiol groups is 1. The Bertz CT molecular complexity index is 269. The lowest BCUT2D eigenvalue weighted by Crippen LogP contribution is -2.22. The van der Waals surface area contributed by atoms with Crippen LogP contribution in [-0.2, 0) is 9.53 Å². The van der Waals surface area contributed by atoms with Crippen LogP contribution in [0.3, 0.4) is 0 Å². The average molecular weight is 347 g/mol. The van der Waals surface area contributed by atoms with Crippen molar-refractivity contribution in [2.75, 3.05) is 6.61 Å². The second kappa shape index (κ2) is 16.6. The molecule has 1 N–H and O–H groups in total. The highest BCUT2D eigenvalue weighted by molar-refractivity contribution is 7.81. The number of ether oxygens (including phenoxy) is 1. The molecule has 0 aliphatic heterocycles. The van der Waals surface area contributed by atoms with E-state index in [0.717, 1.165) is 12.8 Å². The number of unbranched alkanes of at least 4 members (excludes halogenated alkanes) is 11. The molecule has 2 atom stereocenters. The van der Waals surface area contributed by atoms with Gasteiger partial charge < -0.3 is 9.84 Å². The second-order valence-corrected chi connectivity index (χ2v) is 7.28. The third kappa shape index (κ3) is 16.4. The lowest BCUT2D eigenvalue weighted by atomic mass is 10.1. The first-order valence-corrected chi connectivity index (χ1v) is 10.1. The van der Waals surface area contributed by atoms with Gasteiger partial charge in [0, 0.05) is 0 Å². The summed E-state index contributed by atoms with van der Waals surface area (Å²) < 4.78 is 5.17. The van der Waals surface area contributed by atoms with E-state index >= 15 is 0 Å². The molecule has 0 rings (SSSR count). The summed E-state index contributed by atoms with van der Waals surface area (Å²) >= 11 is 4.15. The zero-order valence-electron chi connectivity index (χ0n) is 15.3. The summed E-state index contributed by atoms with van der Waals surface area (Å²) in [6.07, 6.45) is 15.4. The van der Waals surface area contributed by atoms with Crippen LogP contribution in [0.5, 0.6) is 0 Å². The zero-order chi connectivity index (χ0) is 17.3. The molecular formula is C19H38O3S. The maximum Gasteiger partial charge on any atom is 0.318 e. The summed E-state index contributed by atoms with van der Waals surface area (Å²) in [5.74, 6) is -0.308. The third-order valence-corrected chi connectivity index (χ3v) is 4.50. The number of carbonyl (C=O) groups is 1. The van der Waals surface area contributed by atoms with Crippen molar-refractivity contribution < 1.29 is 14.6 Å². The minimum absolute atomic E-state index is 0.308. The van der Waals surface area contributed by atoms with Crippen LogP contribution >= 0.6 is 12.6 Å². The smallest absolute Gasteiger partial charge is 0.318 e. The maximum atomic E-state index is 11.6. The van der Waals surface area contributed by atoms with Gasteiger partial charge in [0.1, 0.15) is 5.25 Å². The highest BCUT2D eigenvalue weighted by Crippen LogP contribution is 2.12. The standard InChI is InChI=1S/C19H38O3S/c1-3-4-5-6-7-8-9-10-11-12-13-14-15-22-19(21)18(23)16-17(2)20/h17-18,20,23H,3-16H2,1-2H3. The molecule has 138 valence electrons. The van der Waals surface area contributed by atoms with E-state index in [9.17, 15) is 9.90 Å². The number of esters is 1. The highest BCUT2D eigenvalue weighted by atomic mass is 32.1. The summed E-state index contributed by atoms with van der Waals surface area (Å²) in [6.45, 7) is 4.39. The van der Waals surface area contributed by atoms with Crippen LogP contribution in [0.1, 0.15) is 97.3 Å². The molecule has 0 aromatic heterocycles. The first kappa shape index (κ1) is 22.8. The van der Waals surface area contributed by atoms with Crippen LogP contribution in [-0.4, -0.2) is 29.0 Å². The van der Waals surface area contributed by atoms with Crippen molar-refractivity contribution in [2.45, 2.75) is 109 Å². The van der Waals surface area contributed by atoms with E-state index in [2.05, 4.69) is 19.6 Å². The number of carbonyl (C=O) groups excluding carboxylic acids is 1. The third-order valence-electron chi connectivity index (χ3n) is 4.08. The summed E-state index contributed by atoms with van der Waals surface area (Å²) in [7, 11) is 0. The van der Waals surface area contributed by atoms with Crippen molar-refractivity contribution in [3.8, 4) is 0 Å². The summed E-state index contributed by atoms with van der Waals surface area (Å²) in [6, 6.07) is 0. The number of hydrogen-bond acceptors (Lipinski definition) is 4. The fourth-order valence-corrected chi connectivity index (χ4v) is 3.01. The van der Waals surface area contributed by atoms with Gasteiger partial charge >= 0.3 is 5.97 Å². The van der Waals surface area contributed by atoms with Crippen LogP contribution in [0.4, 0.5) is 0 Å². The molecule has 0 radical (unpaired) electrons. The quantitative estimate of drug-likeness (QED) is 0.226. The SMILES string of the molecule is CCCCCCCCCCCCCCOC(=O)C(S)CC(C)O. The van der Waals surface area contributed by atoms with Gasteiger partial charge in [-0.25, -0.2) is 0 Å². The molecule has 0 bridgehead atoms. The molecule has 0 aromatic rings. The van der Waals surface area contributed by atoms with E-state index in [1.807, 2.05) is 0 Å². The van der Waals surface area contributed by atoms with Gasteiger partial charge in [0.15, 0.2) is 0 Å². The van der Waals surface area contributed by atoms with Gasteiger partial charge in [0.2, 0.25) is 0 Å². The summed E-state index contributed by atoms with van der Waals surface area (Å²) in [4.78, 5) is 11.6. The fourth-order valence-electron chi connectivity index (χ4n) is 2.63. The molecule has 0 saturated heterocycles. The van der Waals surface area contributed by atoms with Gasteiger partial charge in [-0.2, -0.15) is 12.6 Å². The van der Waals surface area contributed by atoms with Crippen molar-refractivity contribution in [2.24, 2.45) is 0 Å². The molecule has 0 saturated carbocycles. The molecule has 0 fully saturated rings. The molecule has 0 aromatic carbocycles. The molecular weight excluding hydrogens is 308 g/mol. The van der Waals surface area contributed by atoms with E-state index < -0.39 is 11.4 Å². The monoisotopic (exact) mass is 346 g/mol. The highest BCUT2D eigenvalue weighted by Gasteiger charge is 2.17. The molecule has 4 heteroatoms. The average Bonchev–Trinajstić information content (AvgIpc) is 2.51. The van der Waals surface area contributed by atoms with Crippen LogP contribution in [0.15, 0.2) is 0 Å². The van der Waals surface area contributed by atoms with Gasteiger partial charge in [-0.15, -0.1) is 0 Å². The molecule has 3 nitrogen and oxygen atoms in total. The van der Waals surface area contributed by atoms with Gasteiger partial charge in [-0.05, 0) is 19.8 Å². The van der Waals surface area contributed by atoms with Gasteiger partial charge in [-0.1, -0.05) is 77.6 Å². The molecule has 0 spiro atoms. The summed E-state index contributed by atoms with van der Waals surface area (Å²) in [5.41, 5.74) is 0. The largest absolute Gasteiger partial charge is 0.465 e. The van der Waals surface area contributed by atoms with Crippen LogP contribution < -0.4 is 0 Å². The van der Waals surface area contributed by atoms with Crippen molar-refractivity contribution >= 4 is 18.6 Å². The van der Waals surface area contributed by atoms with E-state index in [4.69, 9.17) is 4.74 Å². The second-order valence-electron chi connectivity index (χ2n) is 6.66. The van der Waals surface area contributed by atoms with Crippen LogP contribution in [0.25, 0.3) is 0 Å². The Kier molecular flexibility index (Phi) is 16.5. The molecule has 2 unspecified atom stereocenters. The first-order chi connectivity index (χ1) is 11.1. The van der Waals surface area contributed by atoms with Crippen molar-refractivity contribution in [3.63, 3.8) is 0 Å². The number of rotatable bonds is 16. The molecule has 0 amide bonds. The summed E-state index contributed by atoms with van der Waals surface area (Å²) in [5, 5.41) is 8.69. The molecule has 0 aliphatic carbocycles. The van der Waals surface area contributed by atoms with Gasteiger partial charge in [0.05, 0.1) is 12.7 Å². The normalized spacial score (nSPS) is 13.7. The lowest BCUT2D eigenvalue weighted by molar-refractivity contribution is -0.143. The van der Waals surface area contributed by atoms with Gasteiger partial charge in [0.25, 0.3) is 0 Å². The molecule has 23 heavy (non-hydrogen) atoms. The Morgan fingerprint density at radius 2 is 1.35 bits per heavy atom. The van der Waals surface area contributed by atoms with Crippen molar-refractivity contribution in [3.05, 3.63) is 0 Å². The topological polar surface area (TPSA) is 46.5 Å². The maximum absolute atomic E-state index is 11.6. The Balaban J connectivity index is 3.23. The van der Waals surface area contributed by atoms with Crippen molar-refractivity contribution in [1.82, 2.24) is 0 Å². The van der Waals surface area contributed by atoms with E-state index in [1.54, 1.807) is 6.92 Å². The zero-order valence-corrected chi connectivity index (χ0v) is 16.2. The Hall–Kier alpha value is -0.220. The van der Waals surface area contributed by atoms with E-state index in [-0.39, 0.29) is 5.97 Å². The predicted octanol–water partition coefficient (Wildman–Crippen LogP) is 5.30. The predicted molar refractivity (Wildman–Crippen MR) is 101 cm³/mol. The minimum atomic E-state index is -0.517.